The van der Waals surface area contributed by atoms with Crippen molar-refractivity contribution >= 4 is 28.7 Å². The largest absolute Gasteiger partial charge is 0.493 e. The molecule has 10 nitrogen and oxygen atoms in total. The van der Waals surface area contributed by atoms with Gasteiger partial charge in [0.25, 0.3) is 11.9 Å². The molecule has 0 saturated carbocycles. The van der Waals surface area contributed by atoms with Gasteiger partial charge in [-0.25, -0.2) is 0 Å². The average Bonchev–Trinajstić information content (AvgIpc) is 3.46. The van der Waals surface area contributed by atoms with E-state index in [2.05, 4.69) is 37.8 Å². The first-order valence-electron chi connectivity index (χ1n) is 12.9. The molecule has 5 rings (SSSR count). The molecule has 1 saturated heterocycles. The zero-order valence-electron chi connectivity index (χ0n) is 22.2. The summed E-state index contributed by atoms with van der Waals surface area (Å²) in [5, 5.41) is 10.2. The van der Waals surface area contributed by atoms with E-state index in [0.29, 0.717) is 46.4 Å². The molecule has 2 N–H and O–H groups in total. The summed E-state index contributed by atoms with van der Waals surface area (Å²) in [4.78, 5) is 19.7. The van der Waals surface area contributed by atoms with Gasteiger partial charge in [-0.15, -0.1) is 0 Å². The number of aryl methyl sites for hydroxylation is 2. The molecular formula is C28H33N5O5. The Kier molecular flexibility index (Phi) is 7.50. The van der Waals surface area contributed by atoms with Gasteiger partial charge in [0.15, 0.2) is 17.1 Å². The standard InChI is InChI=1S/C28H33N5O5/c1-5-36-25-14-19(6-8-24(25)35-4)16-33-12-10-20(11-13-33)30-28-31-22-15-21(7-9-23(22)37-28)29-27(34)26-17(2)32-38-18(26)3/h6-9,14-15,20H,5,10-13,16H2,1-4H3,(H,29,34)(H,30,31). The minimum Gasteiger partial charge on any atom is -0.493 e. The quantitative estimate of drug-likeness (QED) is 0.309. The van der Waals surface area contributed by atoms with Gasteiger partial charge < -0.3 is 29.0 Å². The highest BCUT2D eigenvalue weighted by molar-refractivity contribution is 6.06. The van der Waals surface area contributed by atoms with Gasteiger partial charge >= 0.3 is 0 Å². The number of methoxy groups -OCH3 is 1. The van der Waals surface area contributed by atoms with Crippen LogP contribution >= 0.6 is 0 Å². The van der Waals surface area contributed by atoms with E-state index in [1.165, 1.54) is 5.56 Å². The Balaban J connectivity index is 1.16. The van der Waals surface area contributed by atoms with Crippen molar-refractivity contribution < 1.29 is 23.2 Å². The fraction of sp³-hybridized carbons (Fsp3) is 0.393. The number of piperidine rings is 1. The SMILES string of the molecule is CCOc1cc(CN2CCC(Nc3nc4cc(NC(=O)c5c(C)noc5C)ccc4o3)CC2)ccc1OC. The van der Waals surface area contributed by atoms with Gasteiger partial charge in [-0.1, -0.05) is 11.2 Å². The van der Waals surface area contributed by atoms with Crippen molar-refractivity contribution in [3.63, 3.8) is 0 Å². The number of carbonyl (C=O) groups is 1. The number of hydrogen-bond acceptors (Lipinski definition) is 9. The van der Waals surface area contributed by atoms with Gasteiger partial charge in [0.2, 0.25) is 0 Å². The first kappa shape index (κ1) is 25.6. The van der Waals surface area contributed by atoms with Crippen LogP contribution in [-0.2, 0) is 6.54 Å². The van der Waals surface area contributed by atoms with Crippen molar-refractivity contribution in [3.05, 3.63) is 59.0 Å². The van der Waals surface area contributed by atoms with Crippen LogP contribution < -0.4 is 20.1 Å². The number of carbonyl (C=O) groups excluding carboxylic acids is 1. The first-order chi connectivity index (χ1) is 18.4. The smallest absolute Gasteiger partial charge is 0.295 e. The lowest BCUT2D eigenvalue weighted by atomic mass is 10.0. The van der Waals surface area contributed by atoms with Crippen molar-refractivity contribution in [2.24, 2.45) is 0 Å². The molecule has 0 atom stereocenters. The second kappa shape index (κ2) is 11.1. The van der Waals surface area contributed by atoms with Crippen molar-refractivity contribution in [1.82, 2.24) is 15.0 Å². The van der Waals surface area contributed by atoms with Crippen LogP contribution in [0.2, 0.25) is 0 Å². The summed E-state index contributed by atoms with van der Waals surface area (Å²) in [7, 11) is 1.66. The van der Waals surface area contributed by atoms with Crippen LogP contribution in [0.5, 0.6) is 11.5 Å². The van der Waals surface area contributed by atoms with Crippen LogP contribution in [0.4, 0.5) is 11.7 Å². The van der Waals surface area contributed by atoms with Crippen molar-refractivity contribution in [2.45, 2.75) is 46.2 Å². The van der Waals surface area contributed by atoms with Crippen LogP contribution in [0.15, 0.2) is 45.3 Å². The molecular weight excluding hydrogens is 486 g/mol. The van der Waals surface area contributed by atoms with E-state index in [0.717, 1.165) is 44.0 Å². The van der Waals surface area contributed by atoms with Gasteiger partial charge in [-0.3, -0.25) is 9.69 Å². The first-order valence-corrected chi connectivity index (χ1v) is 12.9. The third-order valence-electron chi connectivity index (χ3n) is 6.76. The number of anilines is 2. The third kappa shape index (κ3) is 5.60. The number of fused-ring (bicyclic) bond motifs is 1. The molecule has 200 valence electrons. The monoisotopic (exact) mass is 519 g/mol. The molecule has 1 aliphatic rings. The Morgan fingerprint density at radius 3 is 2.66 bits per heavy atom. The van der Waals surface area contributed by atoms with E-state index < -0.39 is 0 Å². The number of amides is 1. The number of oxazole rings is 1. The third-order valence-corrected chi connectivity index (χ3v) is 6.76. The predicted octanol–water partition coefficient (Wildman–Crippen LogP) is 5.17. The molecule has 38 heavy (non-hydrogen) atoms. The highest BCUT2D eigenvalue weighted by atomic mass is 16.5. The van der Waals surface area contributed by atoms with Crippen molar-refractivity contribution in [2.75, 3.05) is 37.4 Å². The Labute approximate surface area is 221 Å². The van der Waals surface area contributed by atoms with Gasteiger partial charge in [0.05, 0.1) is 19.4 Å². The summed E-state index contributed by atoms with van der Waals surface area (Å²) in [6.07, 6.45) is 1.96. The van der Waals surface area contributed by atoms with E-state index in [4.69, 9.17) is 18.4 Å². The number of nitrogens with one attached hydrogen (secondary N) is 2. The molecule has 1 aliphatic heterocycles. The van der Waals surface area contributed by atoms with Crippen molar-refractivity contribution in [1.29, 1.82) is 0 Å². The Morgan fingerprint density at radius 1 is 1.13 bits per heavy atom. The van der Waals surface area contributed by atoms with Gasteiger partial charge in [-0.05, 0) is 69.5 Å². The maximum atomic E-state index is 12.7. The molecule has 1 amide bonds. The summed E-state index contributed by atoms with van der Waals surface area (Å²) in [5.41, 5.74) is 4.16. The number of aromatic nitrogens is 2. The Bertz CT molecular complexity index is 1400. The number of ether oxygens (including phenoxy) is 2. The molecule has 0 bridgehead atoms. The summed E-state index contributed by atoms with van der Waals surface area (Å²) in [6.45, 7) is 8.83. The molecule has 2 aromatic heterocycles. The van der Waals surface area contributed by atoms with Crippen LogP contribution in [0.3, 0.4) is 0 Å². The molecule has 2 aromatic carbocycles. The number of rotatable bonds is 9. The lowest BCUT2D eigenvalue weighted by molar-refractivity contribution is 0.102. The van der Waals surface area contributed by atoms with Gasteiger partial charge in [0, 0.05) is 31.4 Å². The molecule has 3 heterocycles. The molecule has 0 spiro atoms. The Morgan fingerprint density at radius 2 is 1.95 bits per heavy atom. The van der Waals surface area contributed by atoms with Crippen LogP contribution in [0, 0.1) is 13.8 Å². The lowest BCUT2D eigenvalue weighted by Gasteiger charge is -2.32. The number of likely N-dealkylation sites (tertiary alicyclic amines) is 1. The molecule has 1 fully saturated rings. The average molecular weight is 520 g/mol. The molecule has 0 aliphatic carbocycles. The minimum absolute atomic E-state index is 0.266. The topological polar surface area (TPSA) is 115 Å². The van der Waals surface area contributed by atoms with E-state index >= 15 is 0 Å². The highest BCUT2D eigenvalue weighted by Gasteiger charge is 2.22. The molecule has 0 unspecified atom stereocenters. The van der Waals surface area contributed by atoms with Gasteiger partial charge in [-0.2, -0.15) is 4.98 Å². The summed E-state index contributed by atoms with van der Waals surface area (Å²) >= 11 is 0. The highest BCUT2D eigenvalue weighted by Crippen LogP contribution is 2.29. The second-order valence-electron chi connectivity index (χ2n) is 9.47. The van der Waals surface area contributed by atoms with Crippen LogP contribution in [-0.4, -0.2) is 53.8 Å². The summed E-state index contributed by atoms with van der Waals surface area (Å²) in [6, 6.07) is 12.3. The van der Waals surface area contributed by atoms with E-state index in [9.17, 15) is 4.79 Å². The van der Waals surface area contributed by atoms with Crippen LogP contribution in [0.1, 0.15) is 47.1 Å². The normalized spacial score (nSPS) is 14.5. The second-order valence-corrected chi connectivity index (χ2v) is 9.47. The summed E-state index contributed by atoms with van der Waals surface area (Å²) in [5.74, 6) is 1.76. The maximum Gasteiger partial charge on any atom is 0.295 e. The minimum atomic E-state index is -0.266. The number of benzene rings is 2. The number of hydrogen-bond donors (Lipinski definition) is 2. The molecule has 10 heteroatoms. The van der Waals surface area contributed by atoms with Gasteiger partial charge in [0.1, 0.15) is 16.8 Å². The van der Waals surface area contributed by atoms with E-state index in [1.54, 1.807) is 33.1 Å². The Hall–Kier alpha value is -4.05. The molecule has 0 radical (unpaired) electrons. The predicted molar refractivity (Wildman–Crippen MR) is 144 cm³/mol. The summed E-state index contributed by atoms with van der Waals surface area (Å²) < 4.78 is 22.1. The van der Waals surface area contributed by atoms with Crippen molar-refractivity contribution in [3.8, 4) is 11.5 Å². The van der Waals surface area contributed by atoms with Crippen LogP contribution in [0.25, 0.3) is 11.1 Å². The van der Waals surface area contributed by atoms with E-state index in [1.807, 2.05) is 19.1 Å². The lowest BCUT2D eigenvalue weighted by Crippen LogP contribution is -2.38. The maximum absolute atomic E-state index is 12.7. The fourth-order valence-electron chi connectivity index (χ4n) is 4.82. The van der Waals surface area contributed by atoms with E-state index in [-0.39, 0.29) is 11.9 Å². The molecule has 4 aromatic rings. The number of nitrogens with zero attached hydrogens (tertiary/aromatic N) is 3. The zero-order valence-corrected chi connectivity index (χ0v) is 22.2. The fourth-order valence-corrected chi connectivity index (χ4v) is 4.82. The zero-order chi connectivity index (χ0) is 26.6.